The summed E-state index contributed by atoms with van der Waals surface area (Å²) in [4.78, 5) is 23.6. The largest absolute Gasteiger partial charge is 0.492 e. The van der Waals surface area contributed by atoms with Crippen LogP contribution in [0.3, 0.4) is 0 Å². The number of amides is 1. The first kappa shape index (κ1) is 22.6. The van der Waals surface area contributed by atoms with E-state index < -0.39 is 30.4 Å². The fourth-order valence-electron chi connectivity index (χ4n) is 2.92. The van der Waals surface area contributed by atoms with Crippen LogP contribution in [0.25, 0.3) is 6.08 Å². The monoisotopic (exact) mass is 427 g/mol. The first-order chi connectivity index (χ1) is 14.6. The molecule has 0 unspecified atom stereocenters. The van der Waals surface area contributed by atoms with E-state index >= 15 is 0 Å². The summed E-state index contributed by atoms with van der Waals surface area (Å²) in [6.07, 6.45) is 2.37. The zero-order valence-electron chi connectivity index (χ0n) is 18.0. The highest BCUT2D eigenvalue weighted by Crippen LogP contribution is 2.38. The summed E-state index contributed by atoms with van der Waals surface area (Å²) in [5.74, 6) is -1.15. The SMILES string of the molecule is CC1(C)OB(C(=Cc2cn[nH]c2C(=O)O)CNC(=O)OCc2ccccc2)OC1(C)C. The smallest absolute Gasteiger partial charge is 0.477 e. The zero-order valence-corrected chi connectivity index (χ0v) is 18.0. The van der Waals surface area contributed by atoms with Crippen molar-refractivity contribution in [3.05, 3.63) is 58.8 Å². The molecule has 0 radical (unpaired) electrons. The number of carbonyl (C=O) groups is 2. The van der Waals surface area contributed by atoms with Gasteiger partial charge in [0.15, 0.2) is 5.69 Å². The maximum atomic E-state index is 12.2. The van der Waals surface area contributed by atoms with Crippen molar-refractivity contribution in [2.24, 2.45) is 0 Å². The van der Waals surface area contributed by atoms with Crippen LogP contribution in [0.1, 0.15) is 49.3 Å². The lowest BCUT2D eigenvalue weighted by Gasteiger charge is -2.32. The van der Waals surface area contributed by atoms with Gasteiger partial charge in [-0.05, 0) is 38.7 Å². The van der Waals surface area contributed by atoms with E-state index in [0.29, 0.717) is 11.0 Å². The Bertz CT molecular complexity index is 955. The van der Waals surface area contributed by atoms with Crippen LogP contribution in [0.2, 0.25) is 0 Å². The Balaban J connectivity index is 1.75. The number of nitrogens with zero attached hydrogens (tertiary/aromatic N) is 1. The van der Waals surface area contributed by atoms with Gasteiger partial charge in [-0.3, -0.25) is 5.10 Å². The number of aromatic amines is 1. The molecule has 2 aromatic rings. The minimum Gasteiger partial charge on any atom is -0.477 e. The van der Waals surface area contributed by atoms with Crippen LogP contribution >= 0.6 is 0 Å². The van der Waals surface area contributed by atoms with Gasteiger partial charge in [0.05, 0.1) is 17.4 Å². The van der Waals surface area contributed by atoms with E-state index in [0.717, 1.165) is 5.56 Å². The summed E-state index contributed by atoms with van der Waals surface area (Å²) in [6.45, 7) is 7.81. The molecular formula is C21H26BN3O6. The van der Waals surface area contributed by atoms with Crippen LogP contribution < -0.4 is 5.32 Å². The number of hydrogen-bond donors (Lipinski definition) is 3. The number of carboxylic acids is 1. The van der Waals surface area contributed by atoms with E-state index in [9.17, 15) is 14.7 Å². The second-order valence-corrected chi connectivity index (χ2v) is 8.23. The Morgan fingerprint density at radius 3 is 2.45 bits per heavy atom. The summed E-state index contributed by atoms with van der Waals surface area (Å²) >= 11 is 0. The molecule has 0 saturated carbocycles. The van der Waals surface area contributed by atoms with Crippen molar-refractivity contribution in [1.82, 2.24) is 15.5 Å². The number of ether oxygens (including phenoxy) is 1. The topological polar surface area (TPSA) is 123 Å². The first-order valence-electron chi connectivity index (χ1n) is 9.86. The molecule has 1 amide bonds. The number of aromatic nitrogens is 2. The summed E-state index contributed by atoms with van der Waals surface area (Å²) in [6, 6.07) is 9.32. The highest BCUT2D eigenvalue weighted by molar-refractivity contribution is 6.56. The number of alkyl carbamates (subject to hydrolysis) is 1. The second-order valence-electron chi connectivity index (χ2n) is 8.23. The van der Waals surface area contributed by atoms with Gasteiger partial charge in [0, 0.05) is 12.1 Å². The van der Waals surface area contributed by atoms with E-state index in [-0.39, 0.29) is 18.8 Å². The molecule has 0 bridgehead atoms. The van der Waals surface area contributed by atoms with Gasteiger partial charge < -0.3 is 24.5 Å². The molecule has 1 aliphatic rings. The average Bonchev–Trinajstić information content (AvgIpc) is 3.25. The molecule has 0 aliphatic carbocycles. The summed E-state index contributed by atoms with van der Waals surface area (Å²) in [7, 11) is -0.782. The molecule has 31 heavy (non-hydrogen) atoms. The van der Waals surface area contributed by atoms with Gasteiger partial charge in [-0.2, -0.15) is 5.10 Å². The molecule has 9 nitrogen and oxygen atoms in total. The minimum atomic E-state index is -1.15. The highest BCUT2D eigenvalue weighted by Gasteiger charge is 2.52. The Morgan fingerprint density at radius 2 is 1.84 bits per heavy atom. The van der Waals surface area contributed by atoms with E-state index in [4.69, 9.17) is 14.0 Å². The number of carboxylic acid groups (broad SMARTS) is 1. The molecule has 3 N–H and O–H groups in total. The summed E-state index contributed by atoms with van der Waals surface area (Å²) in [5.41, 5.74) is 0.466. The fourth-order valence-corrected chi connectivity index (χ4v) is 2.92. The molecule has 1 aromatic carbocycles. The van der Waals surface area contributed by atoms with Crippen LogP contribution in [-0.4, -0.2) is 52.2 Å². The van der Waals surface area contributed by atoms with E-state index in [2.05, 4.69) is 15.5 Å². The number of nitrogens with one attached hydrogen (secondary N) is 2. The van der Waals surface area contributed by atoms with Gasteiger partial charge in [0.1, 0.15) is 6.61 Å². The van der Waals surface area contributed by atoms with Gasteiger partial charge >= 0.3 is 19.2 Å². The number of hydrogen-bond acceptors (Lipinski definition) is 6. The summed E-state index contributed by atoms with van der Waals surface area (Å²) < 4.78 is 17.4. The van der Waals surface area contributed by atoms with Gasteiger partial charge in [-0.1, -0.05) is 36.4 Å². The minimum absolute atomic E-state index is 0.0364. The molecule has 0 spiro atoms. The van der Waals surface area contributed by atoms with Crippen LogP contribution in [0, 0.1) is 0 Å². The first-order valence-corrected chi connectivity index (χ1v) is 9.86. The standard InChI is InChI=1S/C21H26BN3O6/c1-20(2)21(3,4)31-22(30-20)16(10-15-11-24-25-17(15)18(26)27)12-23-19(28)29-13-14-8-6-5-7-9-14/h5-11H,12-13H2,1-4H3,(H,23,28)(H,24,25)(H,26,27). The average molecular weight is 427 g/mol. The Morgan fingerprint density at radius 1 is 1.19 bits per heavy atom. The van der Waals surface area contributed by atoms with Gasteiger partial charge in [0.25, 0.3) is 0 Å². The summed E-state index contributed by atoms with van der Waals surface area (Å²) in [5, 5.41) is 18.3. The van der Waals surface area contributed by atoms with Crippen molar-refractivity contribution in [3.8, 4) is 0 Å². The molecule has 1 saturated heterocycles. The van der Waals surface area contributed by atoms with Crippen molar-refractivity contribution >= 4 is 25.3 Å². The van der Waals surface area contributed by atoms with Crippen molar-refractivity contribution < 1.29 is 28.7 Å². The van der Waals surface area contributed by atoms with Crippen molar-refractivity contribution in [1.29, 1.82) is 0 Å². The predicted molar refractivity (Wildman–Crippen MR) is 114 cm³/mol. The van der Waals surface area contributed by atoms with Gasteiger partial charge in [-0.25, -0.2) is 9.59 Å². The van der Waals surface area contributed by atoms with Crippen molar-refractivity contribution in [3.63, 3.8) is 0 Å². The number of rotatable bonds is 7. The van der Waals surface area contributed by atoms with Crippen molar-refractivity contribution in [2.45, 2.75) is 45.5 Å². The zero-order chi connectivity index (χ0) is 22.6. The Hall–Kier alpha value is -3.11. The van der Waals surface area contributed by atoms with Gasteiger partial charge in [0.2, 0.25) is 0 Å². The number of benzene rings is 1. The third-order valence-corrected chi connectivity index (χ3v) is 5.43. The molecule has 164 valence electrons. The number of carbonyl (C=O) groups excluding carboxylic acids is 1. The lowest BCUT2D eigenvalue weighted by Crippen LogP contribution is -2.41. The maximum Gasteiger partial charge on any atom is 0.492 e. The fraction of sp³-hybridized carbons (Fsp3) is 0.381. The molecular weight excluding hydrogens is 401 g/mol. The third kappa shape index (κ3) is 5.34. The third-order valence-electron chi connectivity index (χ3n) is 5.43. The Labute approximate surface area is 180 Å². The van der Waals surface area contributed by atoms with Crippen LogP contribution in [-0.2, 0) is 20.7 Å². The second kappa shape index (κ2) is 8.95. The molecule has 2 heterocycles. The predicted octanol–water partition coefficient (Wildman–Crippen LogP) is 3.05. The van der Waals surface area contributed by atoms with E-state index in [1.165, 1.54) is 6.20 Å². The molecule has 1 aromatic heterocycles. The normalized spacial score (nSPS) is 17.4. The van der Waals surface area contributed by atoms with Crippen LogP contribution in [0.4, 0.5) is 4.79 Å². The molecule has 1 fully saturated rings. The molecule has 3 rings (SSSR count). The lowest BCUT2D eigenvalue weighted by atomic mass is 9.77. The quantitative estimate of drug-likeness (QED) is 0.581. The van der Waals surface area contributed by atoms with E-state index in [1.54, 1.807) is 6.08 Å². The highest BCUT2D eigenvalue weighted by atomic mass is 16.7. The van der Waals surface area contributed by atoms with E-state index in [1.807, 2.05) is 58.0 Å². The molecule has 1 aliphatic heterocycles. The van der Waals surface area contributed by atoms with Gasteiger partial charge in [-0.15, -0.1) is 0 Å². The number of aromatic carboxylic acids is 1. The lowest BCUT2D eigenvalue weighted by molar-refractivity contribution is 0.00578. The maximum absolute atomic E-state index is 12.2. The molecule has 0 atom stereocenters. The molecule has 10 heteroatoms. The number of H-pyrrole nitrogens is 1. The van der Waals surface area contributed by atoms with Crippen LogP contribution in [0.15, 0.2) is 42.0 Å². The van der Waals surface area contributed by atoms with Crippen LogP contribution in [0.5, 0.6) is 0 Å². The van der Waals surface area contributed by atoms with Crippen molar-refractivity contribution in [2.75, 3.05) is 6.54 Å². The Kier molecular flexibility index (Phi) is 6.52.